The Labute approximate surface area is 204 Å². The van der Waals surface area contributed by atoms with Crippen molar-refractivity contribution in [3.63, 3.8) is 0 Å². The van der Waals surface area contributed by atoms with E-state index in [0.717, 1.165) is 45.1 Å². The average molecular weight is 529 g/mol. The lowest BCUT2D eigenvalue weighted by Gasteiger charge is -2.24. The van der Waals surface area contributed by atoms with Gasteiger partial charge in [0.1, 0.15) is 23.2 Å². The molecule has 1 aliphatic heterocycles. The topological polar surface area (TPSA) is 74.1 Å². The van der Waals surface area contributed by atoms with Gasteiger partial charge in [0.05, 0.1) is 23.0 Å². The van der Waals surface area contributed by atoms with Crippen LogP contribution >= 0.6 is 27.5 Å². The first-order valence-electron chi connectivity index (χ1n) is 11.0. The molecule has 3 aromatic heterocycles. The van der Waals surface area contributed by atoms with E-state index in [-0.39, 0.29) is 24.2 Å². The van der Waals surface area contributed by atoms with Crippen LogP contribution in [0.5, 0.6) is 0 Å². The summed E-state index contributed by atoms with van der Waals surface area (Å²) < 4.78 is 15.9. The molecule has 1 saturated heterocycles. The smallest absolute Gasteiger partial charge is 0.163 e. The van der Waals surface area contributed by atoms with Gasteiger partial charge >= 0.3 is 0 Å². The van der Waals surface area contributed by atoms with Crippen molar-refractivity contribution in [1.29, 1.82) is 0 Å². The van der Waals surface area contributed by atoms with Crippen molar-refractivity contribution in [1.82, 2.24) is 19.5 Å². The van der Waals surface area contributed by atoms with Crippen LogP contribution in [0.25, 0.3) is 21.9 Å². The molecule has 170 valence electrons. The molecule has 9 heteroatoms. The fourth-order valence-electron chi connectivity index (χ4n) is 5.19. The van der Waals surface area contributed by atoms with E-state index in [1.165, 1.54) is 6.33 Å². The Bertz CT molecular complexity index is 1360. The van der Waals surface area contributed by atoms with E-state index in [2.05, 4.69) is 65.0 Å². The van der Waals surface area contributed by atoms with Gasteiger partial charge in [-0.25, -0.2) is 9.97 Å². The molecule has 33 heavy (non-hydrogen) atoms. The molecule has 0 radical (unpaired) electrons. The van der Waals surface area contributed by atoms with E-state index in [4.69, 9.17) is 21.1 Å². The number of ether oxygens (including phenoxy) is 2. The summed E-state index contributed by atoms with van der Waals surface area (Å²) in [5.74, 6) is -0.354. The number of hydrogen-bond acceptors (Lipinski definition) is 6. The number of halogens is 2. The molecule has 6 rings (SSSR count). The molecule has 4 atom stereocenters. The number of rotatable bonds is 4. The van der Waals surface area contributed by atoms with Gasteiger partial charge in [-0.2, -0.15) is 0 Å². The summed E-state index contributed by atoms with van der Waals surface area (Å²) in [7, 11) is 0. The highest BCUT2D eigenvalue weighted by atomic mass is 79.9. The minimum absolute atomic E-state index is 0.0122. The maximum atomic E-state index is 6.38. The number of pyridine rings is 1. The van der Waals surface area contributed by atoms with Gasteiger partial charge in [0.2, 0.25) is 0 Å². The van der Waals surface area contributed by atoms with E-state index in [9.17, 15) is 0 Å². The summed E-state index contributed by atoms with van der Waals surface area (Å²) in [5, 5.41) is 6.02. The van der Waals surface area contributed by atoms with Crippen LogP contribution in [0, 0.1) is 5.92 Å². The van der Waals surface area contributed by atoms with Crippen molar-refractivity contribution in [3.05, 3.63) is 58.7 Å². The van der Waals surface area contributed by atoms with E-state index in [1.54, 1.807) is 0 Å². The lowest BCUT2D eigenvalue weighted by atomic mass is 10.1. The first kappa shape index (κ1) is 21.3. The second-order valence-electron chi connectivity index (χ2n) is 9.19. The molecule has 1 aromatic carbocycles. The SMILES string of the molecule is CC1(C)O[C@@H]2[C@@H](CNc3ccc4cc(Br)cnc4c3)C[C@@H](n3ccc4c(Cl)ncnc43)[C@@H]2O1. The monoisotopic (exact) mass is 527 g/mol. The molecule has 7 nitrogen and oxygen atoms in total. The second-order valence-corrected chi connectivity index (χ2v) is 10.5. The number of aromatic nitrogens is 4. The molecule has 0 bridgehead atoms. The van der Waals surface area contributed by atoms with Gasteiger partial charge in [-0.3, -0.25) is 4.98 Å². The lowest BCUT2D eigenvalue weighted by molar-refractivity contribution is -0.159. The number of benzene rings is 1. The van der Waals surface area contributed by atoms with Gasteiger partial charge in [0.15, 0.2) is 5.79 Å². The number of hydrogen-bond donors (Lipinski definition) is 1. The molecule has 0 unspecified atom stereocenters. The summed E-state index contributed by atoms with van der Waals surface area (Å²) in [6.45, 7) is 4.73. The third-order valence-electron chi connectivity index (χ3n) is 6.59. The van der Waals surface area contributed by atoms with Gasteiger partial charge in [-0.05, 0) is 60.5 Å². The minimum atomic E-state index is -0.623. The summed E-state index contributed by atoms with van der Waals surface area (Å²) in [5.41, 5.74) is 2.83. The van der Waals surface area contributed by atoms with Gasteiger partial charge in [0.25, 0.3) is 0 Å². The fourth-order valence-corrected chi connectivity index (χ4v) is 5.73. The van der Waals surface area contributed by atoms with Crippen LogP contribution in [0.1, 0.15) is 26.3 Å². The molecule has 0 amide bonds. The Hall–Kier alpha value is -2.26. The first-order chi connectivity index (χ1) is 15.9. The number of fused-ring (bicyclic) bond motifs is 3. The third-order valence-corrected chi connectivity index (χ3v) is 7.32. The molecule has 1 saturated carbocycles. The second kappa shape index (κ2) is 7.91. The molecule has 4 aromatic rings. The van der Waals surface area contributed by atoms with Crippen LogP contribution in [-0.4, -0.2) is 44.1 Å². The Morgan fingerprint density at radius 2 is 2.00 bits per heavy atom. The molecule has 2 aliphatic rings. The lowest BCUT2D eigenvalue weighted by Crippen LogP contribution is -2.29. The zero-order valence-electron chi connectivity index (χ0n) is 18.2. The van der Waals surface area contributed by atoms with E-state index in [0.29, 0.717) is 5.15 Å². The van der Waals surface area contributed by atoms with E-state index < -0.39 is 5.79 Å². The van der Waals surface area contributed by atoms with E-state index >= 15 is 0 Å². The summed E-state index contributed by atoms with van der Waals surface area (Å²) in [6.07, 6.45) is 6.19. The zero-order chi connectivity index (χ0) is 22.7. The molecule has 2 fully saturated rings. The third kappa shape index (κ3) is 3.79. The quantitative estimate of drug-likeness (QED) is 0.348. The Morgan fingerprint density at radius 3 is 2.88 bits per heavy atom. The molecule has 1 aliphatic carbocycles. The van der Waals surface area contributed by atoms with Gasteiger partial charge in [0, 0.05) is 40.4 Å². The molecule has 1 N–H and O–H groups in total. The largest absolute Gasteiger partial charge is 0.385 e. The van der Waals surface area contributed by atoms with Crippen molar-refractivity contribution < 1.29 is 9.47 Å². The Morgan fingerprint density at radius 1 is 1.15 bits per heavy atom. The van der Waals surface area contributed by atoms with Crippen LogP contribution in [0.3, 0.4) is 0 Å². The Balaban J connectivity index is 1.27. The highest BCUT2D eigenvalue weighted by Crippen LogP contribution is 2.47. The van der Waals surface area contributed by atoms with Crippen molar-refractivity contribution in [2.75, 3.05) is 11.9 Å². The van der Waals surface area contributed by atoms with Crippen molar-refractivity contribution in [3.8, 4) is 0 Å². The van der Waals surface area contributed by atoms with Gasteiger partial charge < -0.3 is 19.4 Å². The predicted molar refractivity (Wildman–Crippen MR) is 131 cm³/mol. The number of nitrogens with one attached hydrogen (secondary N) is 1. The van der Waals surface area contributed by atoms with Gasteiger partial charge in [-0.15, -0.1) is 0 Å². The predicted octanol–water partition coefficient (Wildman–Crippen LogP) is 5.59. The summed E-state index contributed by atoms with van der Waals surface area (Å²) in [4.78, 5) is 13.1. The van der Waals surface area contributed by atoms with Gasteiger partial charge in [-0.1, -0.05) is 17.7 Å². The van der Waals surface area contributed by atoms with Crippen molar-refractivity contribution in [2.45, 2.75) is 44.3 Å². The van der Waals surface area contributed by atoms with Crippen LogP contribution in [-0.2, 0) is 9.47 Å². The van der Waals surface area contributed by atoms with Crippen LogP contribution in [0.2, 0.25) is 5.15 Å². The minimum Gasteiger partial charge on any atom is -0.385 e. The summed E-state index contributed by atoms with van der Waals surface area (Å²) >= 11 is 9.77. The van der Waals surface area contributed by atoms with Crippen molar-refractivity contribution in [2.24, 2.45) is 5.92 Å². The first-order valence-corrected chi connectivity index (χ1v) is 12.2. The zero-order valence-corrected chi connectivity index (χ0v) is 20.5. The maximum absolute atomic E-state index is 6.38. The number of nitrogens with zero attached hydrogens (tertiary/aromatic N) is 4. The molecular formula is C24H23BrClN5O2. The van der Waals surface area contributed by atoms with Crippen LogP contribution in [0.4, 0.5) is 5.69 Å². The molecular weight excluding hydrogens is 506 g/mol. The molecule has 4 heterocycles. The molecule has 0 spiro atoms. The summed E-state index contributed by atoms with van der Waals surface area (Å²) in [6, 6.07) is 10.4. The number of anilines is 1. The average Bonchev–Trinajstić information content (AvgIpc) is 3.44. The van der Waals surface area contributed by atoms with Crippen LogP contribution < -0.4 is 5.32 Å². The fraction of sp³-hybridized carbons (Fsp3) is 0.375. The Kier molecular flexibility index (Phi) is 5.10. The normalized spacial score (nSPS) is 26.2. The van der Waals surface area contributed by atoms with Crippen LogP contribution in [0.15, 0.2) is 53.5 Å². The van der Waals surface area contributed by atoms with Crippen molar-refractivity contribution >= 4 is 55.2 Å². The standard InChI is InChI=1S/C24H23BrClN5O2/c1-24(2)32-20-14(10-27-16-4-3-13-7-15(25)11-28-18(13)9-16)8-19(21(20)33-24)31-6-5-17-22(26)29-12-30-23(17)31/h3-7,9,11-12,14,19-21,27H,8,10H2,1-2H3/t14-,19-,20-,21+/m1/s1. The maximum Gasteiger partial charge on any atom is 0.163 e. The highest BCUT2D eigenvalue weighted by Gasteiger charge is 2.54. The highest BCUT2D eigenvalue weighted by molar-refractivity contribution is 9.10. The van der Waals surface area contributed by atoms with E-state index in [1.807, 2.05) is 32.3 Å².